The Hall–Kier alpha value is -6.39. The number of aromatic nitrogens is 3. The summed E-state index contributed by atoms with van der Waals surface area (Å²) in [5.74, 6) is 2.52. The molecule has 10 rings (SSSR count). The minimum absolute atomic E-state index is 0.233. The van der Waals surface area contributed by atoms with E-state index in [1.165, 1.54) is 11.1 Å². The van der Waals surface area contributed by atoms with E-state index in [1.807, 2.05) is 36.4 Å². The lowest BCUT2D eigenvalue weighted by Crippen LogP contribution is -2.15. The van der Waals surface area contributed by atoms with Crippen molar-refractivity contribution >= 4 is 44.4 Å². The van der Waals surface area contributed by atoms with Gasteiger partial charge in [-0.05, 0) is 45.2 Å². The van der Waals surface area contributed by atoms with Gasteiger partial charge in [-0.1, -0.05) is 152 Å². The SMILES string of the molecule is C1=CC2c3ccccc3C=CC2C=C1c1nc(-c2ccccc2)nc(-c2cccc3c(-c4cccc5oc6ccccc6c45)cccc23)n1. The van der Waals surface area contributed by atoms with E-state index in [1.54, 1.807) is 0 Å². The molecule has 0 radical (unpaired) electrons. The maximum Gasteiger partial charge on any atom is 0.164 e. The summed E-state index contributed by atoms with van der Waals surface area (Å²) in [6, 6.07) is 46.3. The highest BCUT2D eigenvalue weighted by Crippen LogP contribution is 2.42. The van der Waals surface area contributed by atoms with Crippen molar-refractivity contribution in [1.82, 2.24) is 15.0 Å². The van der Waals surface area contributed by atoms with Crippen molar-refractivity contribution < 1.29 is 4.42 Å². The molecule has 0 aliphatic heterocycles. The van der Waals surface area contributed by atoms with Crippen molar-refractivity contribution in [2.24, 2.45) is 5.92 Å². The fraction of sp³-hybridized carbons (Fsp3) is 0.0444. The summed E-state index contributed by atoms with van der Waals surface area (Å²) in [6.45, 7) is 0. The third-order valence-electron chi connectivity index (χ3n) is 9.90. The quantitative estimate of drug-likeness (QED) is 0.195. The van der Waals surface area contributed by atoms with Crippen LogP contribution in [0.4, 0.5) is 0 Å². The zero-order chi connectivity index (χ0) is 32.3. The van der Waals surface area contributed by atoms with E-state index in [0.717, 1.165) is 60.5 Å². The van der Waals surface area contributed by atoms with Gasteiger partial charge in [0.25, 0.3) is 0 Å². The number of rotatable bonds is 4. The normalized spacial score (nSPS) is 16.5. The molecular formula is C45H29N3O. The first kappa shape index (κ1) is 27.7. The molecule has 230 valence electrons. The minimum Gasteiger partial charge on any atom is -0.456 e. The average molecular weight is 628 g/mol. The highest BCUT2D eigenvalue weighted by atomic mass is 16.3. The van der Waals surface area contributed by atoms with E-state index in [4.69, 9.17) is 19.4 Å². The van der Waals surface area contributed by atoms with E-state index < -0.39 is 0 Å². The van der Waals surface area contributed by atoms with Gasteiger partial charge in [0, 0.05) is 39.3 Å². The van der Waals surface area contributed by atoms with Crippen LogP contribution in [0.5, 0.6) is 0 Å². The van der Waals surface area contributed by atoms with Gasteiger partial charge in [0.15, 0.2) is 17.5 Å². The Kier molecular flexibility index (Phi) is 6.28. The maximum atomic E-state index is 6.25. The second-order valence-corrected chi connectivity index (χ2v) is 12.7. The second-order valence-electron chi connectivity index (χ2n) is 12.7. The van der Waals surface area contributed by atoms with Crippen LogP contribution < -0.4 is 0 Å². The van der Waals surface area contributed by atoms with Crippen molar-refractivity contribution in [1.29, 1.82) is 0 Å². The highest BCUT2D eigenvalue weighted by Gasteiger charge is 2.27. The van der Waals surface area contributed by atoms with Gasteiger partial charge in [0.1, 0.15) is 11.2 Å². The molecule has 0 spiro atoms. The predicted molar refractivity (Wildman–Crippen MR) is 200 cm³/mol. The molecule has 4 nitrogen and oxygen atoms in total. The number of benzene rings is 6. The minimum atomic E-state index is 0.233. The number of allylic oxidation sites excluding steroid dienone is 5. The summed E-state index contributed by atoms with van der Waals surface area (Å²) < 4.78 is 6.25. The monoisotopic (exact) mass is 627 g/mol. The number of nitrogens with zero attached hydrogens (tertiary/aromatic N) is 3. The van der Waals surface area contributed by atoms with Crippen molar-refractivity contribution in [3.8, 4) is 33.9 Å². The Labute approximate surface area is 283 Å². The number of fused-ring (bicyclic) bond motifs is 7. The third-order valence-corrected chi connectivity index (χ3v) is 9.90. The lowest BCUT2D eigenvalue weighted by Gasteiger charge is -2.28. The summed E-state index contributed by atoms with van der Waals surface area (Å²) in [7, 11) is 0. The molecule has 0 fully saturated rings. The van der Waals surface area contributed by atoms with Crippen molar-refractivity contribution in [3.05, 3.63) is 175 Å². The van der Waals surface area contributed by atoms with Crippen LogP contribution in [0, 0.1) is 5.92 Å². The van der Waals surface area contributed by atoms with E-state index in [9.17, 15) is 0 Å². The fourth-order valence-corrected chi connectivity index (χ4v) is 7.60. The zero-order valence-corrected chi connectivity index (χ0v) is 26.5. The number of hydrogen-bond donors (Lipinski definition) is 0. The van der Waals surface area contributed by atoms with Crippen LogP contribution >= 0.6 is 0 Å². The van der Waals surface area contributed by atoms with Gasteiger partial charge >= 0.3 is 0 Å². The van der Waals surface area contributed by atoms with E-state index in [0.29, 0.717) is 23.4 Å². The molecule has 2 atom stereocenters. The summed E-state index contributed by atoms with van der Waals surface area (Å²) >= 11 is 0. The van der Waals surface area contributed by atoms with E-state index in [2.05, 4.69) is 127 Å². The Morgan fingerprint density at radius 2 is 1.14 bits per heavy atom. The lowest BCUT2D eigenvalue weighted by molar-refractivity contribution is 0.669. The lowest BCUT2D eigenvalue weighted by atomic mass is 9.76. The molecule has 0 saturated heterocycles. The van der Waals surface area contributed by atoms with Crippen molar-refractivity contribution in [2.75, 3.05) is 0 Å². The molecule has 2 aliphatic rings. The molecule has 4 heteroatoms. The van der Waals surface area contributed by atoms with Gasteiger partial charge in [0.05, 0.1) is 0 Å². The third kappa shape index (κ3) is 4.56. The van der Waals surface area contributed by atoms with E-state index in [-0.39, 0.29) is 5.92 Å². The van der Waals surface area contributed by atoms with Crippen LogP contribution in [-0.4, -0.2) is 15.0 Å². The van der Waals surface area contributed by atoms with Crippen LogP contribution in [0.3, 0.4) is 0 Å². The van der Waals surface area contributed by atoms with Crippen LogP contribution in [0.15, 0.2) is 162 Å². The van der Waals surface area contributed by atoms with Crippen molar-refractivity contribution in [3.63, 3.8) is 0 Å². The Bertz CT molecular complexity index is 2680. The molecule has 2 aliphatic carbocycles. The first-order chi connectivity index (χ1) is 24.3. The largest absolute Gasteiger partial charge is 0.456 e. The van der Waals surface area contributed by atoms with Gasteiger partial charge in [-0.2, -0.15) is 0 Å². The predicted octanol–water partition coefficient (Wildman–Crippen LogP) is 11.3. The van der Waals surface area contributed by atoms with Gasteiger partial charge in [0.2, 0.25) is 0 Å². The first-order valence-corrected chi connectivity index (χ1v) is 16.7. The van der Waals surface area contributed by atoms with Crippen molar-refractivity contribution in [2.45, 2.75) is 5.92 Å². The zero-order valence-electron chi connectivity index (χ0n) is 26.5. The molecule has 0 amide bonds. The molecule has 0 N–H and O–H groups in total. The second kappa shape index (κ2) is 11.1. The summed E-state index contributed by atoms with van der Waals surface area (Å²) in [4.78, 5) is 15.4. The molecule has 8 aromatic rings. The smallest absolute Gasteiger partial charge is 0.164 e. The van der Waals surface area contributed by atoms with Crippen LogP contribution in [0.2, 0.25) is 0 Å². The Morgan fingerprint density at radius 3 is 2.06 bits per heavy atom. The summed E-state index contributed by atoms with van der Waals surface area (Å²) in [5.41, 5.74) is 9.62. The maximum absolute atomic E-state index is 6.25. The highest BCUT2D eigenvalue weighted by molar-refractivity contribution is 6.16. The molecule has 0 saturated carbocycles. The van der Waals surface area contributed by atoms with Crippen LogP contribution in [0.25, 0.3) is 78.3 Å². The first-order valence-electron chi connectivity index (χ1n) is 16.7. The summed E-state index contributed by atoms with van der Waals surface area (Å²) in [5, 5.41) is 4.45. The number of hydrogen-bond acceptors (Lipinski definition) is 4. The van der Waals surface area contributed by atoms with Gasteiger partial charge in [-0.25, -0.2) is 15.0 Å². The van der Waals surface area contributed by atoms with E-state index >= 15 is 0 Å². The van der Waals surface area contributed by atoms with Gasteiger partial charge in [-0.3, -0.25) is 0 Å². The molecule has 2 heterocycles. The number of para-hydroxylation sites is 1. The van der Waals surface area contributed by atoms with Crippen LogP contribution in [0.1, 0.15) is 22.9 Å². The molecule has 49 heavy (non-hydrogen) atoms. The topological polar surface area (TPSA) is 51.8 Å². The molecule has 2 unspecified atom stereocenters. The standard InChI is InChI=1S/C45H29N3O/c1-2-12-29(13-3-1)43-46-44(31-25-26-33-30(27-31)24-23-28-11-4-5-14-32(28)33)48-45(47-43)38-20-9-16-34-35(17-8-18-36(34)38)37-19-10-22-41-42(37)39-15-6-7-21-40(39)49-41/h1-27,30,33H. The fourth-order valence-electron chi connectivity index (χ4n) is 7.60. The molecule has 0 bridgehead atoms. The molecule has 6 aromatic carbocycles. The summed E-state index contributed by atoms with van der Waals surface area (Å²) in [6.07, 6.45) is 11.3. The van der Waals surface area contributed by atoms with Crippen LogP contribution in [-0.2, 0) is 0 Å². The Morgan fingerprint density at radius 1 is 0.469 bits per heavy atom. The molecule has 2 aromatic heterocycles. The molecular weight excluding hydrogens is 599 g/mol. The van der Waals surface area contributed by atoms with Gasteiger partial charge in [-0.15, -0.1) is 0 Å². The number of furan rings is 1. The Balaban J connectivity index is 1.14. The van der Waals surface area contributed by atoms with Gasteiger partial charge < -0.3 is 4.42 Å². The average Bonchev–Trinajstić information content (AvgIpc) is 3.56.